The lowest BCUT2D eigenvalue weighted by molar-refractivity contribution is -0.384. The van der Waals surface area contributed by atoms with Crippen molar-refractivity contribution in [1.82, 2.24) is 0 Å². The van der Waals surface area contributed by atoms with Crippen LogP contribution in [0.2, 0.25) is 0 Å². The molecule has 1 aromatic rings. The van der Waals surface area contributed by atoms with Gasteiger partial charge in [-0.2, -0.15) is 0 Å². The number of aliphatic hydroxyl groups excluding tert-OH is 1. The van der Waals surface area contributed by atoms with E-state index in [4.69, 9.17) is 5.73 Å². The van der Waals surface area contributed by atoms with Crippen molar-refractivity contribution in [3.05, 3.63) is 39.4 Å². The van der Waals surface area contributed by atoms with Gasteiger partial charge < -0.3 is 10.8 Å². The van der Waals surface area contributed by atoms with E-state index in [0.29, 0.717) is 12.8 Å². The zero-order valence-electron chi connectivity index (χ0n) is 8.09. The first-order chi connectivity index (χ1) is 7.09. The van der Waals surface area contributed by atoms with E-state index in [-0.39, 0.29) is 11.7 Å². The highest BCUT2D eigenvalue weighted by molar-refractivity contribution is 5.42. The number of non-ortho nitro benzene ring substituents is 1. The number of benzene rings is 1. The topological polar surface area (TPSA) is 89.4 Å². The van der Waals surface area contributed by atoms with E-state index in [9.17, 15) is 15.2 Å². The lowest BCUT2D eigenvalue weighted by Crippen LogP contribution is -2.32. The van der Waals surface area contributed by atoms with E-state index >= 15 is 0 Å². The minimum atomic E-state index is -0.699. The molecule has 0 aliphatic heterocycles. The number of aliphatic hydroxyl groups is 1. The Morgan fingerprint density at radius 1 is 1.53 bits per heavy atom. The molecule has 2 atom stereocenters. The Balaban J connectivity index is 2.42. The molecule has 0 radical (unpaired) electrons. The molecule has 0 amide bonds. The average molecular weight is 208 g/mol. The van der Waals surface area contributed by atoms with Crippen LogP contribution in [-0.4, -0.2) is 16.1 Å². The Morgan fingerprint density at radius 2 is 2.27 bits per heavy atom. The molecule has 1 aromatic carbocycles. The fourth-order valence-electron chi connectivity index (χ4n) is 1.92. The lowest BCUT2D eigenvalue weighted by atomic mass is 9.86. The standard InChI is InChI=1S/C10H12N2O3/c11-9-4-1-6-5-7(12(14)15)2-3-8(6)10(9)13/h2-3,5,9-10,13H,1,4,11H2. The third-order valence-corrected chi connectivity index (χ3v) is 2.81. The molecule has 5 heteroatoms. The van der Waals surface area contributed by atoms with Crippen LogP contribution in [0.4, 0.5) is 5.69 Å². The zero-order valence-corrected chi connectivity index (χ0v) is 8.09. The summed E-state index contributed by atoms with van der Waals surface area (Å²) in [6.07, 6.45) is 0.652. The van der Waals surface area contributed by atoms with E-state index in [0.717, 1.165) is 11.1 Å². The Hall–Kier alpha value is -1.46. The Bertz CT molecular complexity index is 406. The Kier molecular flexibility index (Phi) is 2.42. The van der Waals surface area contributed by atoms with Gasteiger partial charge >= 0.3 is 0 Å². The molecule has 0 aromatic heterocycles. The molecule has 5 nitrogen and oxygen atoms in total. The van der Waals surface area contributed by atoms with Gasteiger partial charge in [-0.1, -0.05) is 0 Å². The molecule has 1 aliphatic rings. The van der Waals surface area contributed by atoms with Crippen molar-refractivity contribution in [1.29, 1.82) is 0 Å². The van der Waals surface area contributed by atoms with Crippen LogP contribution < -0.4 is 5.73 Å². The van der Waals surface area contributed by atoms with Crippen LogP contribution in [0.25, 0.3) is 0 Å². The summed E-state index contributed by atoms with van der Waals surface area (Å²) >= 11 is 0. The second-order valence-electron chi connectivity index (χ2n) is 3.79. The number of hydrogen-bond donors (Lipinski definition) is 2. The van der Waals surface area contributed by atoms with E-state index in [1.54, 1.807) is 6.07 Å². The quantitative estimate of drug-likeness (QED) is 0.530. The van der Waals surface area contributed by atoms with E-state index in [1.165, 1.54) is 12.1 Å². The first-order valence-corrected chi connectivity index (χ1v) is 4.80. The second-order valence-corrected chi connectivity index (χ2v) is 3.79. The lowest BCUT2D eigenvalue weighted by Gasteiger charge is -2.26. The number of nitro groups is 1. The molecule has 0 spiro atoms. The van der Waals surface area contributed by atoms with Crippen molar-refractivity contribution < 1.29 is 10.0 Å². The molecule has 15 heavy (non-hydrogen) atoms. The molecular formula is C10H12N2O3. The number of aryl methyl sites for hydroxylation is 1. The molecular weight excluding hydrogens is 196 g/mol. The van der Waals surface area contributed by atoms with Crippen LogP contribution in [0.3, 0.4) is 0 Å². The van der Waals surface area contributed by atoms with Gasteiger partial charge in [0.15, 0.2) is 0 Å². The maximum absolute atomic E-state index is 10.6. The molecule has 0 saturated heterocycles. The summed E-state index contributed by atoms with van der Waals surface area (Å²) in [4.78, 5) is 10.1. The van der Waals surface area contributed by atoms with Crippen LogP contribution in [0, 0.1) is 10.1 Å². The van der Waals surface area contributed by atoms with E-state index < -0.39 is 11.0 Å². The SMILES string of the molecule is NC1CCc2cc([N+](=O)[O-])ccc2C1O. The minimum Gasteiger partial charge on any atom is -0.387 e. The van der Waals surface area contributed by atoms with Crippen LogP contribution in [0.1, 0.15) is 23.7 Å². The average Bonchev–Trinajstić information content (AvgIpc) is 2.23. The molecule has 0 saturated carbocycles. The fraction of sp³-hybridized carbons (Fsp3) is 0.400. The number of nitro benzene ring substituents is 1. The van der Waals surface area contributed by atoms with Crippen molar-refractivity contribution in [3.8, 4) is 0 Å². The van der Waals surface area contributed by atoms with Crippen LogP contribution in [0.15, 0.2) is 18.2 Å². The Labute approximate surface area is 86.7 Å². The maximum atomic E-state index is 10.6. The van der Waals surface area contributed by atoms with Crippen LogP contribution in [-0.2, 0) is 6.42 Å². The number of hydrogen-bond acceptors (Lipinski definition) is 4. The summed E-state index contributed by atoms with van der Waals surface area (Å²) in [6.45, 7) is 0. The predicted octanol–water partition coefficient (Wildman–Crippen LogP) is 0.902. The molecule has 0 bridgehead atoms. The van der Waals surface area contributed by atoms with Gasteiger partial charge in [0.2, 0.25) is 0 Å². The second kappa shape index (κ2) is 3.60. The summed E-state index contributed by atoms with van der Waals surface area (Å²) in [5.74, 6) is 0. The molecule has 3 N–H and O–H groups in total. The van der Waals surface area contributed by atoms with Gasteiger partial charge in [-0.25, -0.2) is 0 Å². The zero-order chi connectivity index (χ0) is 11.0. The predicted molar refractivity (Wildman–Crippen MR) is 54.4 cm³/mol. The van der Waals surface area contributed by atoms with Crippen LogP contribution >= 0.6 is 0 Å². The summed E-state index contributed by atoms with van der Waals surface area (Å²) < 4.78 is 0. The first-order valence-electron chi connectivity index (χ1n) is 4.80. The van der Waals surface area contributed by atoms with Gasteiger partial charge in [0.05, 0.1) is 11.0 Å². The number of fused-ring (bicyclic) bond motifs is 1. The Morgan fingerprint density at radius 3 is 2.93 bits per heavy atom. The number of nitrogens with two attached hydrogens (primary N) is 1. The largest absolute Gasteiger partial charge is 0.387 e. The molecule has 1 aliphatic carbocycles. The molecule has 2 rings (SSSR count). The van der Waals surface area contributed by atoms with Gasteiger partial charge in [0.1, 0.15) is 0 Å². The van der Waals surface area contributed by atoms with Crippen molar-refractivity contribution >= 4 is 5.69 Å². The highest BCUT2D eigenvalue weighted by Crippen LogP contribution is 2.31. The van der Waals surface area contributed by atoms with Gasteiger partial charge in [0, 0.05) is 18.2 Å². The first kappa shape index (κ1) is 10.1. The highest BCUT2D eigenvalue weighted by atomic mass is 16.6. The minimum absolute atomic E-state index is 0.0661. The fourth-order valence-corrected chi connectivity index (χ4v) is 1.92. The van der Waals surface area contributed by atoms with Gasteiger partial charge in [-0.3, -0.25) is 10.1 Å². The number of nitrogens with zero attached hydrogens (tertiary/aromatic N) is 1. The molecule has 80 valence electrons. The van der Waals surface area contributed by atoms with Crippen LogP contribution in [0.5, 0.6) is 0 Å². The summed E-state index contributed by atoms with van der Waals surface area (Å²) in [6, 6.07) is 4.25. The molecule has 2 unspecified atom stereocenters. The van der Waals surface area contributed by atoms with E-state index in [1.807, 2.05) is 0 Å². The molecule has 0 fully saturated rings. The van der Waals surface area contributed by atoms with Crippen molar-refractivity contribution in [2.45, 2.75) is 25.0 Å². The highest BCUT2D eigenvalue weighted by Gasteiger charge is 2.26. The monoisotopic (exact) mass is 208 g/mol. The summed E-state index contributed by atoms with van der Waals surface area (Å²) in [5.41, 5.74) is 7.33. The van der Waals surface area contributed by atoms with Gasteiger partial charge in [-0.15, -0.1) is 0 Å². The third-order valence-electron chi connectivity index (χ3n) is 2.81. The third kappa shape index (κ3) is 1.71. The van der Waals surface area contributed by atoms with E-state index in [2.05, 4.69) is 0 Å². The summed E-state index contributed by atoms with van der Waals surface area (Å²) in [7, 11) is 0. The normalized spacial score (nSPS) is 24.7. The number of rotatable bonds is 1. The maximum Gasteiger partial charge on any atom is 0.269 e. The van der Waals surface area contributed by atoms with Crippen molar-refractivity contribution in [2.24, 2.45) is 5.73 Å². The smallest absolute Gasteiger partial charge is 0.269 e. The molecule has 0 heterocycles. The van der Waals surface area contributed by atoms with Gasteiger partial charge in [-0.05, 0) is 30.0 Å². The van der Waals surface area contributed by atoms with Crippen molar-refractivity contribution in [2.75, 3.05) is 0 Å². The van der Waals surface area contributed by atoms with Crippen molar-refractivity contribution in [3.63, 3.8) is 0 Å². The van der Waals surface area contributed by atoms with Gasteiger partial charge in [0.25, 0.3) is 5.69 Å². The summed E-state index contributed by atoms with van der Waals surface area (Å²) in [5, 5.41) is 20.3.